The van der Waals surface area contributed by atoms with Crippen LogP contribution in [0.3, 0.4) is 0 Å². The Morgan fingerprint density at radius 1 is 1.07 bits per heavy atom. The SMILES string of the molecule is COC(=O)C1=C(C(F)(F)F)Oc2c(cc(C(C)(C)C)cc2C(C)(C)C)C1O. The molecular weight excluding hydrogens is 361 g/mol. The van der Waals surface area contributed by atoms with Gasteiger partial charge in [0.25, 0.3) is 0 Å². The van der Waals surface area contributed by atoms with Crippen LogP contribution in [0.25, 0.3) is 0 Å². The first-order valence-corrected chi connectivity index (χ1v) is 8.53. The predicted molar refractivity (Wildman–Crippen MR) is 94.5 cm³/mol. The van der Waals surface area contributed by atoms with Crippen molar-refractivity contribution in [1.82, 2.24) is 0 Å². The summed E-state index contributed by atoms with van der Waals surface area (Å²) in [6.45, 7) is 11.4. The smallest absolute Gasteiger partial charge is 0.450 e. The van der Waals surface area contributed by atoms with Crippen molar-refractivity contribution in [3.05, 3.63) is 40.2 Å². The Labute approximate surface area is 157 Å². The molecule has 1 atom stereocenters. The number of allylic oxidation sites excluding steroid dienone is 1. The highest BCUT2D eigenvalue weighted by atomic mass is 19.4. The first kappa shape index (κ1) is 21.3. The first-order valence-electron chi connectivity index (χ1n) is 8.53. The van der Waals surface area contributed by atoms with Gasteiger partial charge in [-0.1, -0.05) is 47.6 Å². The maximum Gasteiger partial charge on any atom is 0.450 e. The minimum atomic E-state index is -4.96. The Kier molecular flexibility index (Phi) is 5.16. The lowest BCUT2D eigenvalue weighted by atomic mass is 9.77. The van der Waals surface area contributed by atoms with Crippen molar-refractivity contribution < 1.29 is 32.5 Å². The molecule has 1 aromatic carbocycles. The lowest BCUT2D eigenvalue weighted by Crippen LogP contribution is -2.32. The van der Waals surface area contributed by atoms with Crippen LogP contribution < -0.4 is 4.74 Å². The highest BCUT2D eigenvalue weighted by Gasteiger charge is 2.48. The van der Waals surface area contributed by atoms with Crippen molar-refractivity contribution >= 4 is 5.97 Å². The molecule has 0 aliphatic carbocycles. The number of benzene rings is 1. The van der Waals surface area contributed by atoms with Gasteiger partial charge in [0.1, 0.15) is 17.4 Å². The summed E-state index contributed by atoms with van der Waals surface area (Å²) in [5.74, 6) is -2.88. The van der Waals surface area contributed by atoms with Crippen molar-refractivity contribution in [2.45, 2.75) is 64.7 Å². The molecular formula is C20H25F3O4. The summed E-state index contributed by atoms with van der Waals surface area (Å²) < 4.78 is 50.3. The van der Waals surface area contributed by atoms with Gasteiger partial charge in [-0.05, 0) is 22.5 Å². The number of alkyl halides is 3. The van der Waals surface area contributed by atoms with E-state index in [-0.39, 0.29) is 16.7 Å². The zero-order valence-corrected chi connectivity index (χ0v) is 16.5. The van der Waals surface area contributed by atoms with E-state index in [2.05, 4.69) is 4.74 Å². The number of hydrogen-bond acceptors (Lipinski definition) is 4. The first-order chi connectivity index (χ1) is 12.1. The predicted octanol–water partition coefficient (Wildman–Crippen LogP) is 4.70. The average Bonchev–Trinajstić information content (AvgIpc) is 2.50. The van der Waals surface area contributed by atoms with Crippen LogP contribution in [0.2, 0.25) is 0 Å². The monoisotopic (exact) mass is 386 g/mol. The molecule has 7 heteroatoms. The van der Waals surface area contributed by atoms with E-state index in [0.717, 1.165) is 12.7 Å². The molecule has 0 bridgehead atoms. The van der Waals surface area contributed by atoms with E-state index in [9.17, 15) is 23.1 Å². The molecule has 0 saturated heterocycles. The molecule has 0 spiro atoms. The van der Waals surface area contributed by atoms with Gasteiger partial charge in [-0.25, -0.2) is 4.79 Å². The van der Waals surface area contributed by atoms with Gasteiger partial charge in [0.05, 0.1) is 7.11 Å². The molecule has 0 saturated carbocycles. The maximum absolute atomic E-state index is 13.6. The van der Waals surface area contributed by atoms with Crippen molar-refractivity contribution in [2.75, 3.05) is 7.11 Å². The minimum Gasteiger partial charge on any atom is -0.465 e. The number of rotatable bonds is 1. The summed E-state index contributed by atoms with van der Waals surface area (Å²) in [7, 11) is 0.956. The molecule has 0 radical (unpaired) electrons. The third kappa shape index (κ3) is 3.98. The Morgan fingerprint density at radius 3 is 2.04 bits per heavy atom. The summed E-state index contributed by atoms with van der Waals surface area (Å²) in [4.78, 5) is 12.0. The van der Waals surface area contributed by atoms with Crippen LogP contribution in [0.4, 0.5) is 13.2 Å². The van der Waals surface area contributed by atoms with Gasteiger partial charge in [0.2, 0.25) is 5.76 Å². The van der Waals surface area contributed by atoms with Gasteiger partial charge < -0.3 is 14.6 Å². The number of ether oxygens (including phenoxy) is 2. The number of aliphatic hydroxyl groups excluding tert-OH is 1. The quantitative estimate of drug-likeness (QED) is 0.711. The number of carbonyl (C=O) groups is 1. The molecule has 1 unspecified atom stereocenters. The second-order valence-corrected chi connectivity index (χ2v) is 8.68. The van der Waals surface area contributed by atoms with Gasteiger partial charge in [-0.15, -0.1) is 0 Å². The molecule has 0 amide bonds. The molecule has 4 nitrogen and oxygen atoms in total. The number of fused-ring (bicyclic) bond motifs is 1. The fourth-order valence-electron chi connectivity index (χ4n) is 2.92. The van der Waals surface area contributed by atoms with Crippen molar-refractivity contribution in [3.8, 4) is 5.75 Å². The van der Waals surface area contributed by atoms with E-state index in [1.54, 1.807) is 12.1 Å². The fraction of sp³-hybridized carbons (Fsp3) is 0.550. The lowest BCUT2D eigenvalue weighted by molar-refractivity contribution is -0.142. The van der Waals surface area contributed by atoms with Crippen LogP contribution in [0.1, 0.15) is 64.3 Å². The van der Waals surface area contributed by atoms with E-state index >= 15 is 0 Å². The largest absolute Gasteiger partial charge is 0.465 e. The third-order valence-electron chi connectivity index (χ3n) is 4.47. The number of hydrogen-bond donors (Lipinski definition) is 1. The van der Waals surface area contributed by atoms with Crippen LogP contribution in [0.15, 0.2) is 23.5 Å². The van der Waals surface area contributed by atoms with Crippen molar-refractivity contribution in [1.29, 1.82) is 0 Å². The maximum atomic E-state index is 13.6. The fourth-order valence-corrected chi connectivity index (χ4v) is 2.92. The van der Waals surface area contributed by atoms with Gasteiger partial charge in [-0.2, -0.15) is 13.2 Å². The Morgan fingerprint density at radius 2 is 1.63 bits per heavy atom. The van der Waals surface area contributed by atoms with E-state index < -0.39 is 35.0 Å². The van der Waals surface area contributed by atoms with Crippen LogP contribution in [-0.2, 0) is 20.4 Å². The second-order valence-electron chi connectivity index (χ2n) is 8.68. The van der Waals surface area contributed by atoms with Crippen LogP contribution >= 0.6 is 0 Å². The molecule has 1 aromatic rings. The van der Waals surface area contributed by atoms with Crippen LogP contribution in [0, 0.1) is 0 Å². The molecule has 150 valence electrons. The standard InChI is InChI=1S/C20H25F3O4/c1-18(2,3)10-8-11-14(24)13(17(25)26-7)16(20(21,22)23)27-15(11)12(9-10)19(4,5)6/h8-9,14,24H,1-7H3. The molecule has 1 N–H and O–H groups in total. The van der Waals surface area contributed by atoms with Crippen molar-refractivity contribution in [3.63, 3.8) is 0 Å². The van der Waals surface area contributed by atoms with Crippen molar-refractivity contribution in [2.24, 2.45) is 0 Å². The Balaban J connectivity index is 2.86. The zero-order valence-electron chi connectivity index (χ0n) is 16.5. The van der Waals surface area contributed by atoms with E-state index in [4.69, 9.17) is 4.74 Å². The second kappa shape index (κ2) is 6.55. The van der Waals surface area contributed by atoms with Gasteiger partial charge in [0.15, 0.2) is 0 Å². The normalized spacial score (nSPS) is 18.1. The highest BCUT2D eigenvalue weighted by molar-refractivity contribution is 5.91. The number of aliphatic hydroxyl groups is 1. The zero-order chi connectivity index (χ0) is 20.9. The average molecular weight is 386 g/mol. The number of esters is 1. The molecule has 1 aliphatic rings. The van der Waals surface area contributed by atoms with E-state index in [1.165, 1.54) is 0 Å². The summed E-state index contributed by atoms with van der Waals surface area (Å²) >= 11 is 0. The third-order valence-corrected chi connectivity index (χ3v) is 4.47. The summed E-state index contributed by atoms with van der Waals surface area (Å²) in [6, 6.07) is 3.38. The molecule has 2 rings (SSSR count). The molecule has 1 aliphatic heterocycles. The summed E-state index contributed by atoms with van der Waals surface area (Å²) in [5.41, 5.74) is -0.356. The summed E-state index contributed by atoms with van der Waals surface area (Å²) in [5, 5.41) is 10.7. The molecule has 27 heavy (non-hydrogen) atoms. The summed E-state index contributed by atoms with van der Waals surface area (Å²) in [6.07, 6.45) is -6.76. The molecule has 0 aromatic heterocycles. The molecule has 0 fully saturated rings. The minimum absolute atomic E-state index is 0.0667. The number of halogens is 3. The Bertz CT molecular complexity index is 793. The van der Waals surface area contributed by atoms with E-state index in [0.29, 0.717) is 5.56 Å². The van der Waals surface area contributed by atoms with Crippen LogP contribution in [-0.4, -0.2) is 24.4 Å². The highest BCUT2D eigenvalue weighted by Crippen LogP contribution is 2.49. The molecule has 1 heterocycles. The topological polar surface area (TPSA) is 55.8 Å². The van der Waals surface area contributed by atoms with Gasteiger partial charge in [0, 0.05) is 11.1 Å². The number of methoxy groups -OCH3 is 1. The number of carbonyl (C=O) groups excluding carboxylic acids is 1. The van der Waals surface area contributed by atoms with E-state index in [1.807, 2.05) is 41.5 Å². The van der Waals surface area contributed by atoms with Gasteiger partial charge >= 0.3 is 12.1 Å². The van der Waals surface area contributed by atoms with Gasteiger partial charge in [-0.3, -0.25) is 0 Å². The Hall–Kier alpha value is -2.02. The van der Waals surface area contributed by atoms with Crippen LogP contribution in [0.5, 0.6) is 5.75 Å². The lowest BCUT2D eigenvalue weighted by Gasteiger charge is -2.34.